The van der Waals surface area contributed by atoms with Crippen molar-refractivity contribution in [1.82, 2.24) is 4.90 Å². The van der Waals surface area contributed by atoms with Gasteiger partial charge in [-0.15, -0.1) is 0 Å². The van der Waals surface area contributed by atoms with E-state index in [1.54, 1.807) is 0 Å². The predicted molar refractivity (Wildman–Crippen MR) is 93.4 cm³/mol. The van der Waals surface area contributed by atoms with Crippen molar-refractivity contribution in [3.63, 3.8) is 0 Å². The average molecular weight is 336 g/mol. The van der Waals surface area contributed by atoms with Crippen molar-refractivity contribution in [3.05, 3.63) is 29.8 Å². The minimum absolute atomic E-state index is 0.156. The first-order chi connectivity index (χ1) is 12.3. The van der Waals surface area contributed by atoms with Gasteiger partial charge in [0.15, 0.2) is 0 Å². The van der Waals surface area contributed by atoms with Crippen LogP contribution in [0.5, 0.6) is 0 Å². The molecule has 0 aromatic heterocycles. The molecule has 0 unspecified atom stereocenters. The number of para-hydroxylation sites is 1. The zero-order valence-electron chi connectivity index (χ0n) is 14.4. The molecule has 25 heavy (non-hydrogen) atoms. The van der Waals surface area contributed by atoms with Gasteiger partial charge in [0.2, 0.25) is 5.91 Å². The van der Waals surface area contributed by atoms with Crippen LogP contribution in [0, 0.1) is 17.8 Å². The van der Waals surface area contributed by atoms with Crippen LogP contribution in [0.1, 0.15) is 31.2 Å². The third kappa shape index (κ3) is 1.37. The number of anilines is 1. The smallest absolute Gasteiger partial charge is 0.229 e. The summed E-state index contributed by atoms with van der Waals surface area (Å²) in [5.74, 6) is 2.34. The Labute approximate surface area is 148 Å². The Morgan fingerprint density at radius 2 is 2.16 bits per heavy atom. The summed E-state index contributed by atoms with van der Waals surface area (Å²) in [6.07, 6.45) is 4.46. The quantitative estimate of drug-likeness (QED) is 0.728. The van der Waals surface area contributed by atoms with E-state index in [2.05, 4.69) is 34.1 Å². The lowest BCUT2D eigenvalue weighted by molar-refractivity contribution is -0.134. The van der Waals surface area contributed by atoms with E-state index in [1.807, 2.05) is 0 Å². The van der Waals surface area contributed by atoms with E-state index in [1.165, 1.54) is 43.6 Å². The van der Waals surface area contributed by atoms with Crippen LogP contribution in [-0.2, 0) is 14.9 Å². The van der Waals surface area contributed by atoms with E-state index >= 15 is 0 Å². The Morgan fingerprint density at radius 3 is 3.12 bits per heavy atom. The van der Waals surface area contributed by atoms with Crippen LogP contribution in [0.4, 0.5) is 5.69 Å². The van der Waals surface area contributed by atoms with E-state index in [0.29, 0.717) is 30.3 Å². The number of rotatable bonds is 0. The normalized spacial score (nSPS) is 49.1. The topological polar surface area (TPSA) is 32.8 Å². The summed E-state index contributed by atoms with van der Waals surface area (Å²) in [5, 5.41) is 0. The molecule has 5 heterocycles. The summed E-state index contributed by atoms with van der Waals surface area (Å²) in [7, 11) is 0. The minimum Gasteiger partial charge on any atom is -0.377 e. The van der Waals surface area contributed by atoms with Gasteiger partial charge in [-0.3, -0.25) is 9.69 Å². The highest BCUT2D eigenvalue weighted by molar-refractivity contribution is 5.99. The van der Waals surface area contributed by atoms with E-state index in [4.69, 9.17) is 4.74 Å². The number of hydrogen-bond donors (Lipinski definition) is 0. The van der Waals surface area contributed by atoms with E-state index in [-0.39, 0.29) is 11.5 Å². The standard InChI is InChI=1S/C21H24N2O2/c24-18-10-16-19-13-9-17-21(6-7-22(17)11-12(13)5-8-25-16)14-3-1-2-4-15(14)23(18)20(19)21/h1-4,12-13,16-17,19-20H,5-11H2/t12-,13+,16+,17+,19+,20+,21-/m0/s1. The number of ether oxygens (including phenoxy) is 1. The van der Waals surface area contributed by atoms with Crippen LogP contribution in [0.2, 0.25) is 0 Å². The Bertz CT molecular complexity index is 794. The predicted octanol–water partition coefficient (Wildman–Crippen LogP) is 2.17. The third-order valence-corrected chi connectivity index (χ3v) is 8.64. The Morgan fingerprint density at radius 1 is 1.24 bits per heavy atom. The molecule has 1 spiro atoms. The summed E-state index contributed by atoms with van der Waals surface area (Å²) < 4.78 is 6.33. The molecular formula is C21H24N2O2. The van der Waals surface area contributed by atoms with Gasteiger partial charge in [-0.25, -0.2) is 0 Å². The highest BCUT2D eigenvalue weighted by atomic mass is 16.5. The van der Waals surface area contributed by atoms with Gasteiger partial charge in [0.05, 0.1) is 18.6 Å². The van der Waals surface area contributed by atoms with E-state index < -0.39 is 0 Å². The summed E-state index contributed by atoms with van der Waals surface area (Å²) in [5.41, 5.74) is 2.83. The van der Waals surface area contributed by atoms with Gasteiger partial charge in [-0.1, -0.05) is 18.2 Å². The molecule has 4 heteroatoms. The second kappa shape index (κ2) is 4.29. The maximum Gasteiger partial charge on any atom is 0.229 e. The zero-order chi connectivity index (χ0) is 16.3. The summed E-state index contributed by atoms with van der Waals surface area (Å²) >= 11 is 0. The van der Waals surface area contributed by atoms with Gasteiger partial charge < -0.3 is 9.64 Å². The van der Waals surface area contributed by atoms with Crippen LogP contribution in [0.3, 0.4) is 0 Å². The van der Waals surface area contributed by atoms with Crippen molar-refractivity contribution >= 4 is 11.6 Å². The van der Waals surface area contributed by atoms with E-state index in [0.717, 1.165) is 18.4 Å². The lowest BCUT2D eigenvalue weighted by Crippen LogP contribution is -2.70. The first-order valence-corrected chi connectivity index (χ1v) is 10.1. The molecule has 130 valence electrons. The minimum atomic E-state index is 0.156. The molecule has 4 nitrogen and oxygen atoms in total. The molecule has 1 amide bonds. The highest BCUT2D eigenvalue weighted by Crippen LogP contribution is 2.66. The SMILES string of the molecule is O=C1C[C@H]2OCC[C@H]3CN4CC[C@@]56c7ccccc7N1[C@@H]5[C@@H]2[C@@H]3C[C@@H]46. The van der Waals surface area contributed by atoms with Crippen LogP contribution in [0.25, 0.3) is 0 Å². The number of piperidine rings is 2. The fraction of sp³-hybridized carbons (Fsp3) is 0.667. The van der Waals surface area contributed by atoms with Crippen molar-refractivity contribution < 1.29 is 9.53 Å². The molecule has 5 aliphatic heterocycles. The molecule has 7 atom stereocenters. The summed E-state index contributed by atoms with van der Waals surface area (Å²) in [4.78, 5) is 18.2. The molecule has 6 aliphatic rings. The fourth-order valence-corrected chi connectivity index (χ4v) is 7.96. The van der Waals surface area contributed by atoms with Gasteiger partial charge in [0, 0.05) is 36.2 Å². The van der Waals surface area contributed by atoms with Gasteiger partial charge in [0.1, 0.15) is 0 Å². The number of amides is 1. The number of carbonyl (C=O) groups excluding carboxylic acids is 1. The van der Waals surface area contributed by atoms with Gasteiger partial charge >= 0.3 is 0 Å². The molecule has 7 rings (SSSR count). The monoisotopic (exact) mass is 336 g/mol. The Hall–Kier alpha value is -1.39. The fourth-order valence-electron chi connectivity index (χ4n) is 7.96. The Balaban J connectivity index is 1.53. The zero-order valence-corrected chi connectivity index (χ0v) is 14.4. The summed E-state index contributed by atoms with van der Waals surface area (Å²) in [6.45, 7) is 3.31. The molecule has 2 bridgehead atoms. The lowest BCUT2D eigenvalue weighted by atomic mass is 9.52. The number of fused-ring (bicyclic) bond motifs is 2. The number of nitrogens with zero attached hydrogens (tertiary/aromatic N) is 2. The number of hydrogen-bond acceptors (Lipinski definition) is 3. The second-order valence-electron chi connectivity index (χ2n) is 9.17. The molecule has 1 aliphatic carbocycles. The third-order valence-electron chi connectivity index (χ3n) is 8.64. The van der Waals surface area contributed by atoms with Crippen molar-refractivity contribution in [2.75, 3.05) is 24.6 Å². The Kier molecular flexibility index (Phi) is 2.36. The maximum absolute atomic E-state index is 13.2. The summed E-state index contributed by atoms with van der Waals surface area (Å²) in [6, 6.07) is 9.78. The molecule has 1 saturated carbocycles. The van der Waals surface area contributed by atoms with Crippen LogP contribution >= 0.6 is 0 Å². The molecule has 0 N–H and O–H groups in total. The molecule has 4 saturated heterocycles. The number of carbonyl (C=O) groups is 1. The second-order valence-corrected chi connectivity index (χ2v) is 9.17. The van der Waals surface area contributed by atoms with Crippen molar-refractivity contribution in [2.45, 2.75) is 49.3 Å². The molecule has 1 aromatic carbocycles. The van der Waals surface area contributed by atoms with Gasteiger partial charge in [-0.05, 0) is 49.3 Å². The molecule has 5 fully saturated rings. The lowest BCUT2D eigenvalue weighted by Gasteiger charge is -2.59. The van der Waals surface area contributed by atoms with Gasteiger partial charge in [-0.2, -0.15) is 0 Å². The largest absolute Gasteiger partial charge is 0.377 e. The number of benzene rings is 1. The first kappa shape index (κ1) is 13.8. The van der Waals surface area contributed by atoms with E-state index in [9.17, 15) is 4.79 Å². The maximum atomic E-state index is 13.2. The molecule has 1 aromatic rings. The first-order valence-electron chi connectivity index (χ1n) is 10.1. The van der Waals surface area contributed by atoms with Crippen LogP contribution in [-0.4, -0.2) is 48.7 Å². The van der Waals surface area contributed by atoms with Gasteiger partial charge in [0.25, 0.3) is 0 Å². The van der Waals surface area contributed by atoms with Crippen molar-refractivity contribution in [3.8, 4) is 0 Å². The average Bonchev–Trinajstić information content (AvgIpc) is 3.10. The van der Waals surface area contributed by atoms with Crippen LogP contribution in [0.15, 0.2) is 24.3 Å². The van der Waals surface area contributed by atoms with Crippen molar-refractivity contribution in [1.29, 1.82) is 0 Å². The molecule has 0 radical (unpaired) electrons. The van der Waals surface area contributed by atoms with Crippen LogP contribution < -0.4 is 4.90 Å². The van der Waals surface area contributed by atoms with Crippen molar-refractivity contribution in [2.24, 2.45) is 17.8 Å². The highest BCUT2D eigenvalue weighted by Gasteiger charge is 2.71. The molecular weight excluding hydrogens is 312 g/mol.